The standard InChI is InChI=1S/C21H24/c1-21(18-11-3-2-4-12-18)19-13-7-5-9-16(19)15-17-10-6-8-14-20(17)21/h2-5,7,9,11-13,17,20H,6,8,10,14-15H2,1H3. The lowest BCUT2D eigenvalue weighted by atomic mass is 9.54. The molecule has 0 bridgehead atoms. The minimum absolute atomic E-state index is 0.196. The summed E-state index contributed by atoms with van der Waals surface area (Å²) in [7, 11) is 0. The van der Waals surface area contributed by atoms with Crippen LogP contribution in [-0.2, 0) is 11.8 Å². The minimum Gasteiger partial charge on any atom is -0.0622 e. The van der Waals surface area contributed by atoms with Crippen LogP contribution in [0.15, 0.2) is 54.6 Å². The van der Waals surface area contributed by atoms with Gasteiger partial charge in [0.15, 0.2) is 0 Å². The van der Waals surface area contributed by atoms with Crippen LogP contribution >= 0.6 is 0 Å². The maximum atomic E-state index is 2.50. The predicted molar refractivity (Wildman–Crippen MR) is 88.5 cm³/mol. The molecule has 2 aromatic carbocycles. The monoisotopic (exact) mass is 276 g/mol. The molecule has 0 amide bonds. The Morgan fingerprint density at radius 2 is 1.57 bits per heavy atom. The summed E-state index contributed by atoms with van der Waals surface area (Å²) in [5, 5.41) is 0. The summed E-state index contributed by atoms with van der Waals surface area (Å²) < 4.78 is 0. The van der Waals surface area contributed by atoms with Crippen LogP contribution in [0, 0.1) is 11.8 Å². The van der Waals surface area contributed by atoms with E-state index in [4.69, 9.17) is 0 Å². The van der Waals surface area contributed by atoms with Gasteiger partial charge in [0.05, 0.1) is 0 Å². The molecular formula is C21H24. The molecule has 0 heteroatoms. The highest BCUT2D eigenvalue weighted by atomic mass is 14.5. The molecule has 0 saturated heterocycles. The molecule has 0 aromatic heterocycles. The summed E-state index contributed by atoms with van der Waals surface area (Å²) in [6.45, 7) is 2.50. The molecular weight excluding hydrogens is 252 g/mol. The molecule has 0 spiro atoms. The number of rotatable bonds is 1. The van der Waals surface area contributed by atoms with E-state index in [1.807, 2.05) is 0 Å². The molecule has 0 aliphatic heterocycles. The highest BCUT2D eigenvalue weighted by Gasteiger charge is 2.46. The molecule has 2 aromatic rings. The summed E-state index contributed by atoms with van der Waals surface area (Å²) in [5.74, 6) is 1.68. The van der Waals surface area contributed by atoms with Gasteiger partial charge in [-0.25, -0.2) is 0 Å². The van der Waals surface area contributed by atoms with E-state index in [2.05, 4.69) is 61.5 Å². The van der Waals surface area contributed by atoms with E-state index in [0.29, 0.717) is 0 Å². The molecule has 0 N–H and O–H groups in total. The summed E-state index contributed by atoms with van der Waals surface area (Å²) in [6, 6.07) is 20.4. The maximum Gasteiger partial charge on any atom is 0.0208 e. The first-order valence-electron chi connectivity index (χ1n) is 8.44. The molecule has 0 radical (unpaired) electrons. The van der Waals surface area contributed by atoms with Gasteiger partial charge in [-0.3, -0.25) is 0 Å². The second-order valence-corrected chi connectivity index (χ2v) is 7.08. The van der Waals surface area contributed by atoms with Gasteiger partial charge in [0.25, 0.3) is 0 Å². The van der Waals surface area contributed by atoms with Gasteiger partial charge in [0, 0.05) is 5.41 Å². The van der Waals surface area contributed by atoms with Crippen LogP contribution in [0.25, 0.3) is 0 Å². The number of hydrogen-bond acceptors (Lipinski definition) is 0. The lowest BCUT2D eigenvalue weighted by Crippen LogP contribution is -2.44. The quantitative estimate of drug-likeness (QED) is 0.658. The average molecular weight is 276 g/mol. The van der Waals surface area contributed by atoms with Crippen LogP contribution in [0.1, 0.15) is 49.3 Å². The fraction of sp³-hybridized carbons (Fsp3) is 0.429. The molecule has 0 heterocycles. The van der Waals surface area contributed by atoms with Gasteiger partial charge in [-0.1, -0.05) is 74.4 Å². The van der Waals surface area contributed by atoms with Crippen LogP contribution < -0.4 is 0 Å². The Morgan fingerprint density at radius 1 is 0.857 bits per heavy atom. The lowest BCUT2D eigenvalue weighted by Gasteiger charge is -2.50. The van der Waals surface area contributed by atoms with Gasteiger partial charge in [0.2, 0.25) is 0 Å². The average Bonchev–Trinajstić information content (AvgIpc) is 2.56. The molecule has 3 atom stereocenters. The topological polar surface area (TPSA) is 0 Å². The van der Waals surface area contributed by atoms with Crippen molar-refractivity contribution >= 4 is 0 Å². The Labute approximate surface area is 128 Å². The van der Waals surface area contributed by atoms with Crippen molar-refractivity contribution in [3.63, 3.8) is 0 Å². The van der Waals surface area contributed by atoms with Crippen molar-refractivity contribution in [2.45, 2.75) is 44.4 Å². The Hall–Kier alpha value is -1.56. The van der Waals surface area contributed by atoms with E-state index in [1.165, 1.54) is 37.7 Å². The lowest BCUT2D eigenvalue weighted by molar-refractivity contribution is 0.146. The van der Waals surface area contributed by atoms with Gasteiger partial charge in [-0.2, -0.15) is 0 Å². The highest BCUT2D eigenvalue weighted by Crippen LogP contribution is 2.53. The van der Waals surface area contributed by atoms with Gasteiger partial charge < -0.3 is 0 Å². The van der Waals surface area contributed by atoms with Crippen molar-refractivity contribution in [3.8, 4) is 0 Å². The molecule has 3 unspecified atom stereocenters. The highest BCUT2D eigenvalue weighted by molar-refractivity contribution is 5.46. The second kappa shape index (κ2) is 5.02. The van der Waals surface area contributed by atoms with Crippen LogP contribution in [0.5, 0.6) is 0 Å². The van der Waals surface area contributed by atoms with Gasteiger partial charge in [-0.15, -0.1) is 0 Å². The SMILES string of the molecule is CC1(c2ccccc2)c2ccccc2CC2CCCCC21. The Morgan fingerprint density at radius 3 is 2.43 bits per heavy atom. The van der Waals surface area contributed by atoms with Gasteiger partial charge in [-0.05, 0) is 47.8 Å². The van der Waals surface area contributed by atoms with E-state index < -0.39 is 0 Å². The third-order valence-corrected chi connectivity index (χ3v) is 6.08. The van der Waals surface area contributed by atoms with Crippen LogP contribution in [0.4, 0.5) is 0 Å². The smallest absolute Gasteiger partial charge is 0.0208 e. The maximum absolute atomic E-state index is 2.50. The van der Waals surface area contributed by atoms with E-state index in [9.17, 15) is 0 Å². The van der Waals surface area contributed by atoms with Gasteiger partial charge in [0.1, 0.15) is 0 Å². The second-order valence-electron chi connectivity index (χ2n) is 7.08. The van der Waals surface area contributed by atoms with E-state index in [-0.39, 0.29) is 5.41 Å². The fourth-order valence-corrected chi connectivity index (χ4v) is 5.05. The molecule has 1 saturated carbocycles. The molecule has 108 valence electrons. The van der Waals surface area contributed by atoms with Crippen molar-refractivity contribution in [2.24, 2.45) is 11.8 Å². The summed E-state index contributed by atoms with van der Waals surface area (Å²) >= 11 is 0. The van der Waals surface area contributed by atoms with Crippen molar-refractivity contribution in [1.29, 1.82) is 0 Å². The van der Waals surface area contributed by atoms with Gasteiger partial charge >= 0.3 is 0 Å². The zero-order valence-electron chi connectivity index (χ0n) is 12.9. The van der Waals surface area contributed by atoms with Crippen LogP contribution in [-0.4, -0.2) is 0 Å². The largest absolute Gasteiger partial charge is 0.0622 e. The first-order chi connectivity index (χ1) is 10.3. The number of benzene rings is 2. The Balaban J connectivity index is 1.92. The van der Waals surface area contributed by atoms with Crippen molar-refractivity contribution in [3.05, 3.63) is 71.3 Å². The zero-order valence-corrected chi connectivity index (χ0v) is 12.9. The number of hydrogen-bond donors (Lipinski definition) is 0. The minimum atomic E-state index is 0.196. The van der Waals surface area contributed by atoms with E-state index in [1.54, 1.807) is 11.1 Å². The molecule has 21 heavy (non-hydrogen) atoms. The molecule has 0 nitrogen and oxygen atoms in total. The fourth-order valence-electron chi connectivity index (χ4n) is 5.05. The summed E-state index contributed by atoms with van der Waals surface area (Å²) in [5.41, 5.74) is 4.88. The molecule has 2 aliphatic carbocycles. The third kappa shape index (κ3) is 1.96. The molecule has 4 rings (SSSR count). The first-order valence-corrected chi connectivity index (χ1v) is 8.44. The normalized spacial score (nSPS) is 31.3. The van der Waals surface area contributed by atoms with Crippen LogP contribution in [0.2, 0.25) is 0 Å². The Kier molecular flexibility index (Phi) is 3.14. The summed E-state index contributed by atoms with van der Waals surface area (Å²) in [4.78, 5) is 0. The predicted octanol–water partition coefficient (Wildman–Crippen LogP) is 5.36. The molecule has 2 aliphatic rings. The van der Waals surface area contributed by atoms with Crippen molar-refractivity contribution in [1.82, 2.24) is 0 Å². The van der Waals surface area contributed by atoms with Crippen molar-refractivity contribution in [2.75, 3.05) is 0 Å². The van der Waals surface area contributed by atoms with Crippen LogP contribution in [0.3, 0.4) is 0 Å². The Bertz CT molecular complexity index is 627. The summed E-state index contributed by atoms with van der Waals surface area (Å²) in [6.07, 6.45) is 6.94. The third-order valence-electron chi connectivity index (χ3n) is 6.08. The molecule has 1 fully saturated rings. The number of fused-ring (bicyclic) bond motifs is 2. The van der Waals surface area contributed by atoms with E-state index >= 15 is 0 Å². The van der Waals surface area contributed by atoms with E-state index in [0.717, 1.165) is 11.8 Å². The first kappa shape index (κ1) is 13.1. The zero-order chi connectivity index (χ0) is 14.3. The van der Waals surface area contributed by atoms with Crippen molar-refractivity contribution < 1.29 is 0 Å².